The van der Waals surface area contributed by atoms with E-state index < -0.39 is 0 Å². The van der Waals surface area contributed by atoms with E-state index in [0.29, 0.717) is 34.1 Å². The van der Waals surface area contributed by atoms with Gasteiger partial charge < -0.3 is 19.2 Å². The Bertz CT molecular complexity index is 1140. The second-order valence-electron chi connectivity index (χ2n) is 6.35. The molecule has 0 atom stereocenters. The Kier molecular flexibility index (Phi) is 7.22. The minimum atomic E-state index is -0.327. The number of terminal acetylenes is 1. The molecular formula is C23H22N4O3. The molecule has 30 heavy (non-hydrogen) atoms. The van der Waals surface area contributed by atoms with Crippen molar-refractivity contribution in [3.63, 3.8) is 0 Å². The lowest BCUT2D eigenvalue weighted by molar-refractivity contribution is 0.102. The number of amides is 1. The summed E-state index contributed by atoms with van der Waals surface area (Å²) >= 11 is 0. The van der Waals surface area contributed by atoms with Gasteiger partial charge in [0.25, 0.3) is 5.91 Å². The van der Waals surface area contributed by atoms with Crippen LogP contribution in [0, 0.1) is 24.2 Å². The van der Waals surface area contributed by atoms with E-state index in [9.17, 15) is 4.79 Å². The molecule has 0 bridgehead atoms. The van der Waals surface area contributed by atoms with Crippen LogP contribution in [0.1, 0.15) is 29.9 Å². The molecule has 0 unspecified atom stereocenters. The minimum Gasteiger partial charge on any atom is -0.496 e. The van der Waals surface area contributed by atoms with Crippen LogP contribution in [0.5, 0.6) is 11.5 Å². The molecule has 0 saturated carbocycles. The first-order chi connectivity index (χ1) is 14.4. The highest BCUT2D eigenvalue weighted by atomic mass is 16.5. The van der Waals surface area contributed by atoms with Crippen LogP contribution < -0.4 is 14.8 Å². The summed E-state index contributed by atoms with van der Waals surface area (Å²) in [6.07, 6.45) is 11.3. The second kappa shape index (κ2) is 9.81. The summed E-state index contributed by atoms with van der Waals surface area (Å²) in [5.41, 5.74) is 2.19. The fraction of sp³-hybridized carbons (Fsp3) is 0.174. The van der Waals surface area contributed by atoms with Gasteiger partial charge in [0, 0.05) is 18.5 Å². The van der Waals surface area contributed by atoms with Crippen molar-refractivity contribution in [3.05, 3.63) is 60.6 Å². The first-order valence-corrected chi connectivity index (χ1v) is 8.99. The van der Waals surface area contributed by atoms with Gasteiger partial charge in [-0.15, -0.1) is 12.8 Å². The number of fused-ring (bicyclic) bond motifs is 1. The molecule has 1 N–H and O–H groups in total. The predicted molar refractivity (Wildman–Crippen MR) is 116 cm³/mol. The smallest absolute Gasteiger partial charge is 0.259 e. The highest BCUT2D eigenvalue weighted by molar-refractivity contribution is 6.06. The maximum Gasteiger partial charge on any atom is 0.259 e. The molecule has 2 heterocycles. The number of carbonyl (C=O) groups is 1. The molecule has 152 valence electrons. The summed E-state index contributed by atoms with van der Waals surface area (Å²) in [6.45, 7) is 7.47. The van der Waals surface area contributed by atoms with Crippen LogP contribution in [0.3, 0.4) is 0 Å². The number of aromatic nitrogens is 2. The van der Waals surface area contributed by atoms with E-state index in [4.69, 9.17) is 14.7 Å². The number of anilines is 1. The molecule has 0 spiro atoms. The van der Waals surface area contributed by atoms with Crippen molar-refractivity contribution in [1.29, 1.82) is 5.26 Å². The summed E-state index contributed by atoms with van der Waals surface area (Å²) in [5, 5.41) is 11.9. The quantitative estimate of drug-likeness (QED) is 0.494. The standard InChI is InChI=1S/C21H20N4O3.C2H2/c1-13(2)28-19-9-20-23-16(14(3)10-22)11-25(20)12-17(19)24-21(26)15-7-5-6-8-18(15)27-4;1-2/h5-9,11-13H,3H2,1-2,4H3,(H,24,26);1-2H. The van der Waals surface area contributed by atoms with E-state index in [1.165, 1.54) is 7.11 Å². The molecule has 3 rings (SSSR count). The van der Waals surface area contributed by atoms with Gasteiger partial charge in [-0.25, -0.2) is 4.98 Å². The van der Waals surface area contributed by atoms with E-state index >= 15 is 0 Å². The number of para-hydroxylation sites is 1. The van der Waals surface area contributed by atoms with Crippen molar-refractivity contribution < 1.29 is 14.3 Å². The van der Waals surface area contributed by atoms with Gasteiger partial charge in [0.05, 0.1) is 30.0 Å². The van der Waals surface area contributed by atoms with Crippen LogP contribution >= 0.6 is 0 Å². The van der Waals surface area contributed by atoms with Crippen molar-refractivity contribution in [2.45, 2.75) is 20.0 Å². The Hall–Kier alpha value is -4.23. The van der Waals surface area contributed by atoms with Crippen LogP contribution in [0.15, 0.2) is 49.3 Å². The molecule has 0 saturated heterocycles. The van der Waals surface area contributed by atoms with Crippen molar-refractivity contribution in [2.24, 2.45) is 0 Å². The number of allylic oxidation sites excluding steroid dienone is 1. The van der Waals surface area contributed by atoms with Crippen molar-refractivity contribution in [3.8, 4) is 30.4 Å². The fourth-order valence-electron chi connectivity index (χ4n) is 2.69. The molecule has 1 aromatic carbocycles. The summed E-state index contributed by atoms with van der Waals surface area (Å²) in [5.74, 6) is 0.625. The third kappa shape index (κ3) is 4.78. The number of methoxy groups -OCH3 is 1. The maximum atomic E-state index is 12.8. The number of nitrogens with zero attached hydrogens (tertiary/aromatic N) is 3. The summed E-state index contributed by atoms with van der Waals surface area (Å²) in [4.78, 5) is 17.2. The van der Waals surface area contributed by atoms with Gasteiger partial charge in [-0.2, -0.15) is 5.26 Å². The molecule has 7 nitrogen and oxygen atoms in total. The van der Waals surface area contributed by atoms with Crippen molar-refractivity contribution in [2.75, 3.05) is 12.4 Å². The monoisotopic (exact) mass is 402 g/mol. The minimum absolute atomic E-state index is 0.104. The molecule has 2 aromatic heterocycles. The van der Waals surface area contributed by atoms with E-state index in [0.717, 1.165) is 0 Å². The number of imidazole rings is 1. The highest BCUT2D eigenvalue weighted by Gasteiger charge is 2.17. The zero-order valence-electron chi connectivity index (χ0n) is 17.0. The number of hydrogen-bond acceptors (Lipinski definition) is 5. The number of pyridine rings is 1. The number of nitriles is 1. The van der Waals surface area contributed by atoms with Gasteiger partial charge in [0.15, 0.2) is 0 Å². The summed E-state index contributed by atoms with van der Waals surface area (Å²) < 4.78 is 12.8. The molecule has 0 aliphatic rings. The summed E-state index contributed by atoms with van der Waals surface area (Å²) in [6, 6.07) is 10.7. The van der Waals surface area contributed by atoms with E-state index in [1.54, 1.807) is 47.1 Å². The zero-order valence-corrected chi connectivity index (χ0v) is 17.0. The lowest BCUT2D eigenvalue weighted by Gasteiger charge is -2.16. The average Bonchev–Trinajstić information content (AvgIpc) is 3.17. The largest absolute Gasteiger partial charge is 0.496 e. The van der Waals surface area contributed by atoms with Crippen LogP contribution in [0.2, 0.25) is 0 Å². The van der Waals surface area contributed by atoms with Gasteiger partial charge in [-0.1, -0.05) is 18.7 Å². The second-order valence-corrected chi connectivity index (χ2v) is 6.35. The third-order valence-corrected chi connectivity index (χ3v) is 3.96. The van der Waals surface area contributed by atoms with Crippen molar-refractivity contribution >= 4 is 22.8 Å². The molecule has 3 aromatic rings. The average molecular weight is 402 g/mol. The van der Waals surface area contributed by atoms with Crippen LogP contribution in [0.25, 0.3) is 11.2 Å². The molecular weight excluding hydrogens is 380 g/mol. The molecule has 0 aliphatic heterocycles. The van der Waals surface area contributed by atoms with E-state index in [-0.39, 0.29) is 17.6 Å². The topological polar surface area (TPSA) is 88.7 Å². The van der Waals surface area contributed by atoms with Gasteiger partial charge in [0.2, 0.25) is 0 Å². The Balaban J connectivity index is 0.00000155. The van der Waals surface area contributed by atoms with E-state index in [2.05, 4.69) is 29.7 Å². The first kappa shape index (κ1) is 22.1. The maximum absolute atomic E-state index is 12.8. The zero-order chi connectivity index (χ0) is 22.3. The van der Waals surface area contributed by atoms with Gasteiger partial charge in [-0.05, 0) is 26.0 Å². The molecule has 0 fully saturated rings. The van der Waals surface area contributed by atoms with Gasteiger partial charge in [-0.3, -0.25) is 4.79 Å². The number of benzene rings is 1. The Morgan fingerprint density at radius 1 is 1.27 bits per heavy atom. The van der Waals surface area contributed by atoms with Crippen LogP contribution in [0.4, 0.5) is 5.69 Å². The van der Waals surface area contributed by atoms with Gasteiger partial charge in [0.1, 0.15) is 28.9 Å². The normalized spacial score (nSPS) is 9.90. The molecule has 7 heteroatoms. The molecule has 0 radical (unpaired) electrons. The predicted octanol–water partition coefficient (Wildman–Crippen LogP) is 4.17. The van der Waals surface area contributed by atoms with Gasteiger partial charge >= 0.3 is 0 Å². The number of rotatable bonds is 6. The number of nitrogens with one attached hydrogen (secondary N) is 1. The number of hydrogen-bond donors (Lipinski definition) is 1. The van der Waals surface area contributed by atoms with Crippen LogP contribution in [-0.2, 0) is 0 Å². The Morgan fingerprint density at radius 2 is 1.97 bits per heavy atom. The lowest BCUT2D eigenvalue weighted by atomic mass is 10.2. The van der Waals surface area contributed by atoms with Crippen molar-refractivity contribution in [1.82, 2.24) is 9.38 Å². The number of carbonyl (C=O) groups excluding carboxylic acids is 1. The first-order valence-electron chi connectivity index (χ1n) is 8.99. The molecule has 1 amide bonds. The molecule has 0 aliphatic carbocycles. The van der Waals surface area contributed by atoms with Crippen LogP contribution in [-0.4, -0.2) is 28.5 Å². The highest BCUT2D eigenvalue weighted by Crippen LogP contribution is 2.29. The Labute approximate surface area is 175 Å². The number of ether oxygens (including phenoxy) is 2. The third-order valence-electron chi connectivity index (χ3n) is 3.96. The fourth-order valence-corrected chi connectivity index (χ4v) is 2.69. The summed E-state index contributed by atoms with van der Waals surface area (Å²) in [7, 11) is 1.51. The SMILES string of the molecule is C#C.C=C(C#N)c1cn2cc(NC(=O)c3ccccc3OC)c(OC(C)C)cc2n1. The van der Waals surface area contributed by atoms with E-state index in [1.807, 2.05) is 19.9 Å². The Morgan fingerprint density at radius 3 is 2.60 bits per heavy atom. The lowest BCUT2D eigenvalue weighted by Crippen LogP contribution is -2.16.